The molecule has 0 saturated carbocycles. The van der Waals surface area contributed by atoms with E-state index in [0.717, 1.165) is 12.8 Å². The van der Waals surface area contributed by atoms with Gasteiger partial charge in [0.1, 0.15) is 5.82 Å². The number of rotatable bonds is 8. The zero-order valence-corrected chi connectivity index (χ0v) is 16.6. The Bertz CT molecular complexity index is 909. The van der Waals surface area contributed by atoms with E-state index in [1.807, 2.05) is 0 Å². The fourth-order valence-corrected chi connectivity index (χ4v) is 3.76. The molecular formula is C20H25FN2O3S. The number of nitrogens with one attached hydrogen (secondary N) is 2. The zero-order chi connectivity index (χ0) is 20.0. The first-order valence-electron chi connectivity index (χ1n) is 8.94. The maximum absolute atomic E-state index is 13.8. The Morgan fingerprint density at radius 1 is 1.11 bits per heavy atom. The Morgan fingerprint density at radius 2 is 1.78 bits per heavy atom. The van der Waals surface area contributed by atoms with Crippen molar-refractivity contribution < 1.29 is 17.6 Å². The van der Waals surface area contributed by atoms with Gasteiger partial charge in [-0.1, -0.05) is 44.9 Å². The summed E-state index contributed by atoms with van der Waals surface area (Å²) in [5, 5.41) is 2.87. The van der Waals surface area contributed by atoms with Gasteiger partial charge in [0.05, 0.1) is 10.6 Å². The Labute approximate surface area is 160 Å². The van der Waals surface area contributed by atoms with Gasteiger partial charge in [0.15, 0.2) is 0 Å². The van der Waals surface area contributed by atoms with Crippen LogP contribution in [0.1, 0.15) is 42.6 Å². The third-order valence-electron chi connectivity index (χ3n) is 4.59. The number of hydrogen-bond acceptors (Lipinski definition) is 3. The van der Waals surface area contributed by atoms with Gasteiger partial charge in [-0.05, 0) is 42.7 Å². The molecule has 0 spiro atoms. The first-order valence-corrected chi connectivity index (χ1v) is 10.4. The molecule has 1 amide bonds. The summed E-state index contributed by atoms with van der Waals surface area (Å²) in [6, 6.07) is 9.81. The van der Waals surface area contributed by atoms with Gasteiger partial charge in [-0.2, -0.15) is 0 Å². The topological polar surface area (TPSA) is 75.3 Å². The van der Waals surface area contributed by atoms with Gasteiger partial charge >= 0.3 is 0 Å². The molecule has 0 heterocycles. The normalized spacial score (nSPS) is 11.4. The Kier molecular flexibility index (Phi) is 6.96. The van der Waals surface area contributed by atoms with Crippen molar-refractivity contribution in [1.82, 2.24) is 5.32 Å². The van der Waals surface area contributed by atoms with Crippen LogP contribution in [0.2, 0.25) is 0 Å². The number of halogens is 1. The second-order valence-electron chi connectivity index (χ2n) is 6.45. The zero-order valence-electron chi connectivity index (χ0n) is 15.8. The second-order valence-corrected chi connectivity index (χ2v) is 8.14. The van der Waals surface area contributed by atoms with Crippen LogP contribution in [-0.2, 0) is 10.0 Å². The Morgan fingerprint density at radius 3 is 2.41 bits per heavy atom. The van der Waals surface area contributed by atoms with Gasteiger partial charge < -0.3 is 5.32 Å². The first-order chi connectivity index (χ1) is 12.8. The molecule has 0 aliphatic carbocycles. The molecule has 0 aromatic heterocycles. The lowest BCUT2D eigenvalue weighted by molar-refractivity contribution is 0.0945. The van der Waals surface area contributed by atoms with E-state index >= 15 is 0 Å². The quantitative estimate of drug-likeness (QED) is 0.710. The predicted octanol–water partition coefficient (Wildman–Crippen LogP) is 4.10. The molecule has 7 heteroatoms. The molecule has 5 nitrogen and oxygen atoms in total. The molecule has 0 fully saturated rings. The molecule has 2 aromatic carbocycles. The van der Waals surface area contributed by atoms with E-state index in [1.165, 1.54) is 36.4 Å². The molecule has 0 aliphatic heterocycles. The first kappa shape index (κ1) is 20.9. The molecule has 27 heavy (non-hydrogen) atoms. The fraction of sp³-hybridized carbons (Fsp3) is 0.350. The van der Waals surface area contributed by atoms with Crippen LogP contribution in [0.4, 0.5) is 10.1 Å². The van der Waals surface area contributed by atoms with E-state index in [1.54, 1.807) is 13.0 Å². The van der Waals surface area contributed by atoms with Gasteiger partial charge in [-0.15, -0.1) is 0 Å². The third kappa shape index (κ3) is 5.29. The average Bonchev–Trinajstić information content (AvgIpc) is 2.64. The van der Waals surface area contributed by atoms with E-state index in [-0.39, 0.29) is 22.1 Å². The molecular weight excluding hydrogens is 367 g/mol. The molecule has 0 radical (unpaired) electrons. The summed E-state index contributed by atoms with van der Waals surface area (Å²) in [4.78, 5) is 12.4. The summed E-state index contributed by atoms with van der Waals surface area (Å²) in [6.07, 6.45) is 1.91. The molecule has 0 aliphatic rings. The van der Waals surface area contributed by atoms with Crippen molar-refractivity contribution >= 4 is 21.6 Å². The third-order valence-corrected chi connectivity index (χ3v) is 5.95. The van der Waals surface area contributed by atoms with Crippen molar-refractivity contribution in [2.24, 2.45) is 5.92 Å². The lowest BCUT2D eigenvalue weighted by Gasteiger charge is -2.15. The highest BCUT2D eigenvalue weighted by atomic mass is 32.2. The Hall–Kier alpha value is -2.41. The van der Waals surface area contributed by atoms with Crippen LogP contribution >= 0.6 is 0 Å². The van der Waals surface area contributed by atoms with E-state index in [2.05, 4.69) is 23.9 Å². The van der Waals surface area contributed by atoms with Crippen LogP contribution in [0.15, 0.2) is 47.4 Å². The number of aryl methyl sites for hydroxylation is 1. The standard InChI is InChI=1S/C20H25FN2O3S/c1-4-15(5-2)13-22-20(24)17-12-16(11-10-14(17)3)27(25,26)23-19-9-7-6-8-18(19)21/h6-12,15,23H,4-5,13H2,1-3H3,(H,22,24). The number of amides is 1. The number of benzene rings is 2. The molecule has 2 rings (SSSR count). The number of para-hydroxylation sites is 1. The molecule has 2 aromatic rings. The highest BCUT2D eigenvalue weighted by Crippen LogP contribution is 2.21. The molecule has 0 bridgehead atoms. The summed E-state index contributed by atoms with van der Waals surface area (Å²) in [7, 11) is -4.02. The smallest absolute Gasteiger partial charge is 0.262 e. The largest absolute Gasteiger partial charge is 0.352 e. The number of hydrogen-bond donors (Lipinski definition) is 2. The summed E-state index contributed by atoms with van der Waals surface area (Å²) in [5.74, 6) is -0.609. The maximum atomic E-state index is 13.8. The molecule has 0 atom stereocenters. The van der Waals surface area contributed by atoms with Crippen molar-refractivity contribution in [2.45, 2.75) is 38.5 Å². The van der Waals surface area contributed by atoms with E-state index in [0.29, 0.717) is 18.0 Å². The fourth-order valence-electron chi connectivity index (χ4n) is 2.67. The van der Waals surface area contributed by atoms with Crippen molar-refractivity contribution in [2.75, 3.05) is 11.3 Å². The van der Waals surface area contributed by atoms with Crippen LogP contribution in [-0.4, -0.2) is 20.9 Å². The van der Waals surface area contributed by atoms with Crippen molar-refractivity contribution in [3.8, 4) is 0 Å². The number of carbonyl (C=O) groups is 1. The monoisotopic (exact) mass is 392 g/mol. The van der Waals surface area contributed by atoms with Crippen LogP contribution in [0.5, 0.6) is 0 Å². The summed E-state index contributed by atoms with van der Waals surface area (Å²) in [6.45, 7) is 6.41. The summed E-state index contributed by atoms with van der Waals surface area (Å²) >= 11 is 0. The van der Waals surface area contributed by atoms with Crippen molar-refractivity contribution in [3.05, 3.63) is 59.4 Å². The highest BCUT2D eigenvalue weighted by Gasteiger charge is 2.19. The van der Waals surface area contributed by atoms with Crippen LogP contribution in [0.3, 0.4) is 0 Å². The highest BCUT2D eigenvalue weighted by molar-refractivity contribution is 7.92. The van der Waals surface area contributed by atoms with Crippen LogP contribution in [0, 0.1) is 18.7 Å². The van der Waals surface area contributed by atoms with Crippen molar-refractivity contribution in [1.29, 1.82) is 0 Å². The lowest BCUT2D eigenvalue weighted by Crippen LogP contribution is -2.29. The second kappa shape index (κ2) is 8.99. The Balaban J connectivity index is 2.25. The SMILES string of the molecule is CCC(CC)CNC(=O)c1cc(S(=O)(=O)Nc2ccccc2F)ccc1C. The van der Waals surface area contributed by atoms with E-state index in [4.69, 9.17) is 0 Å². The minimum atomic E-state index is -4.02. The van der Waals surface area contributed by atoms with Crippen molar-refractivity contribution in [3.63, 3.8) is 0 Å². The van der Waals surface area contributed by atoms with Crippen LogP contribution in [0.25, 0.3) is 0 Å². The van der Waals surface area contributed by atoms with Gasteiger partial charge in [-0.3, -0.25) is 9.52 Å². The lowest BCUT2D eigenvalue weighted by atomic mass is 10.0. The van der Waals surface area contributed by atoms with Gasteiger partial charge in [0.2, 0.25) is 0 Å². The summed E-state index contributed by atoms with van der Waals surface area (Å²) in [5.41, 5.74) is 0.817. The molecule has 0 saturated heterocycles. The number of sulfonamides is 1. The van der Waals surface area contributed by atoms with E-state index < -0.39 is 15.8 Å². The van der Waals surface area contributed by atoms with Gasteiger partial charge in [0, 0.05) is 12.1 Å². The molecule has 0 unspecified atom stereocenters. The number of anilines is 1. The number of carbonyl (C=O) groups excluding carboxylic acids is 1. The predicted molar refractivity (Wildman–Crippen MR) is 105 cm³/mol. The summed E-state index contributed by atoms with van der Waals surface area (Å²) < 4.78 is 41.2. The van der Waals surface area contributed by atoms with E-state index in [9.17, 15) is 17.6 Å². The maximum Gasteiger partial charge on any atom is 0.262 e. The van der Waals surface area contributed by atoms with Crippen LogP contribution < -0.4 is 10.0 Å². The molecule has 2 N–H and O–H groups in total. The molecule has 146 valence electrons. The minimum absolute atomic E-state index is 0.0935. The minimum Gasteiger partial charge on any atom is -0.352 e. The van der Waals surface area contributed by atoms with Gasteiger partial charge in [0.25, 0.3) is 15.9 Å². The average molecular weight is 392 g/mol. The van der Waals surface area contributed by atoms with Gasteiger partial charge in [-0.25, -0.2) is 12.8 Å².